The van der Waals surface area contributed by atoms with E-state index in [9.17, 15) is 9.18 Å². The Morgan fingerprint density at radius 3 is 2.56 bits per heavy atom. The first-order valence-electron chi connectivity index (χ1n) is 7.47. The number of carbonyl (C=O) groups is 1. The number of benzene rings is 2. The van der Waals surface area contributed by atoms with E-state index in [1.807, 2.05) is 6.92 Å². The Bertz CT molecular complexity index is 829. The first-order valence-corrected chi connectivity index (χ1v) is 9.10. The van der Waals surface area contributed by atoms with Crippen molar-refractivity contribution in [2.24, 2.45) is 4.99 Å². The van der Waals surface area contributed by atoms with Gasteiger partial charge in [0, 0.05) is 10.9 Å². The van der Waals surface area contributed by atoms with E-state index in [4.69, 9.17) is 23.2 Å². The fourth-order valence-electron chi connectivity index (χ4n) is 2.24. The van der Waals surface area contributed by atoms with Gasteiger partial charge in [0.2, 0.25) is 0 Å². The van der Waals surface area contributed by atoms with Crippen LogP contribution in [0, 0.1) is 5.82 Å². The molecular weight excluding hydrogens is 384 g/mol. The number of thioether (sulfide) groups is 1. The quantitative estimate of drug-likeness (QED) is 0.709. The van der Waals surface area contributed by atoms with E-state index in [2.05, 4.69) is 10.3 Å². The lowest BCUT2D eigenvalue weighted by Gasteiger charge is -2.23. The minimum atomic E-state index is -0.412. The second kappa shape index (κ2) is 7.64. The van der Waals surface area contributed by atoms with Crippen LogP contribution in [0.25, 0.3) is 0 Å². The maximum atomic E-state index is 13.2. The zero-order chi connectivity index (χ0) is 18.0. The zero-order valence-corrected chi connectivity index (χ0v) is 15.5. The Balaban J connectivity index is 1.89. The van der Waals surface area contributed by atoms with Crippen LogP contribution < -0.4 is 10.2 Å². The predicted octanol–water partition coefficient (Wildman–Crippen LogP) is 5.66. The summed E-state index contributed by atoms with van der Waals surface area (Å²) in [6.45, 7) is 2.65. The highest BCUT2D eigenvalue weighted by Crippen LogP contribution is 2.29. The number of hydrogen-bond donors (Lipinski definition) is 1. The second-order valence-electron chi connectivity index (χ2n) is 5.42. The molecule has 0 spiro atoms. The van der Waals surface area contributed by atoms with Crippen LogP contribution in [0.1, 0.15) is 6.92 Å². The van der Waals surface area contributed by atoms with Crippen LogP contribution in [-0.2, 0) is 0 Å². The Labute approximate surface area is 159 Å². The molecule has 1 aliphatic heterocycles. The van der Waals surface area contributed by atoms with Crippen LogP contribution in [0.15, 0.2) is 47.5 Å². The van der Waals surface area contributed by atoms with Crippen molar-refractivity contribution >= 4 is 57.5 Å². The first kappa shape index (κ1) is 18.0. The minimum Gasteiger partial charge on any atom is -0.307 e. The molecule has 25 heavy (non-hydrogen) atoms. The van der Waals surface area contributed by atoms with Gasteiger partial charge in [-0.05, 0) is 42.5 Å². The summed E-state index contributed by atoms with van der Waals surface area (Å²) in [5.41, 5.74) is 1.03. The van der Waals surface area contributed by atoms with Gasteiger partial charge in [-0.1, -0.05) is 41.9 Å². The summed E-state index contributed by atoms with van der Waals surface area (Å²) in [7, 11) is 0. The van der Waals surface area contributed by atoms with Crippen LogP contribution in [0.5, 0.6) is 0 Å². The van der Waals surface area contributed by atoms with Gasteiger partial charge in [0.25, 0.3) is 0 Å². The molecule has 2 aromatic rings. The summed E-state index contributed by atoms with van der Waals surface area (Å²) < 4.78 is 13.2. The Morgan fingerprint density at radius 1 is 1.24 bits per heavy atom. The number of urea groups is 1. The monoisotopic (exact) mass is 397 g/mol. The fourth-order valence-corrected chi connectivity index (χ4v) is 3.49. The number of nitrogens with zero attached hydrogens (tertiary/aromatic N) is 2. The van der Waals surface area contributed by atoms with Crippen molar-refractivity contribution in [1.82, 2.24) is 0 Å². The summed E-state index contributed by atoms with van der Waals surface area (Å²) in [6.07, 6.45) is 0. The highest BCUT2D eigenvalue weighted by atomic mass is 35.5. The number of carbonyl (C=O) groups excluding carboxylic acids is 1. The van der Waals surface area contributed by atoms with Crippen molar-refractivity contribution in [2.45, 2.75) is 12.2 Å². The molecule has 0 saturated heterocycles. The zero-order valence-electron chi connectivity index (χ0n) is 13.2. The molecule has 1 atom stereocenters. The maximum Gasteiger partial charge on any atom is 0.332 e. The van der Waals surface area contributed by atoms with Crippen molar-refractivity contribution < 1.29 is 9.18 Å². The van der Waals surface area contributed by atoms with Crippen LogP contribution in [0.4, 0.5) is 20.6 Å². The second-order valence-corrected chi connectivity index (χ2v) is 7.64. The van der Waals surface area contributed by atoms with Gasteiger partial charge in [-0.15, -0.1) is 0 Å². The van der Waals surface area contributed by atoms with Crippen LogP contribution in [-0.4, -0.2) is 23.0 Å². The lowest BCUT2D eigenvalue weighted by atomic mass is 10.3. The first-order chi connectivity index (χ1) is 11.9. The number of halogens is 3. The lowest BCUT2D eigenvalue weighted by molar-refractivity contribution is 0.259. The largest absolute Gasteiger partial charge is 0.332 e. The molecule has 8 heteroatoms. The number of hydrogen-bond acceptors (Lipinski definition) is 3. The molecule has 130 valence electrons. The minimum absolute atomic E-state index is 0.274. The molecule has 1 N–H and O–H groups in total. The van der Waals surface area contributed by atoms with Crippen molar-refractivity contribution in [3.63, 3.8) is 0 Å². The van der Waals surface area contributed by atoms with E-state index >= 15 is 0 Å². The van der Waals surface area contributed by atoms with Crippen molar-refractivity contribution in [2.75, 3.05) is 16.8 Å². The summed E-state index contributed by atoms with van der Waals surface area (Å²) in [5, 5.41) is 4.36. The molecular formula is C17H14Cl2FN3OS. The number of aliphatic imine (C=N–C) groups is 1. The average molecular weight is 398 g/mol. The molecule has 3 rings (SSSR count). The Kier molecular flexibility index (Phi) is 5.51. The van der Waals surface area contributed by atoms with Gasteiger partial charge < -0.3 is 5.32 Å². The fraction of sp³-hybridized carbons (Fsp3) is 0.176. The molecule has 0 aromatic heterocycles. The van der Waals surface area contributed by atoms with E-state index < -0.39 is 6.03 Å². The van der Waals surface area contributed by atoms with Crippen LogP contribution >= 0.6 is 35.0 Å². The standard InChI is InChI=1S/C17H14Cl2FN3OS/c1-10-9-21-17(25-10)23(13-5-2-11(20)3-6-13)16(24)22-12-4-7-14(18)15(19)8-12/h2-8,10H,9H2,1H3,(H,22,24)/t10-/m1/s1. The molecule has 0 fully saturated rings. The molecule has 0 bridgehead atoms. The molecule has 2 amide bonds. The molecule has 1 heterocycles. The number of rotatable bonds is 2. The highest BCUT2D eigenvalue weighted by molar-refractivity contribution is 8.15. The molecule has 0 saturated carbocycles. The molecule has 4 nitrogen and oxygen atoms in total. The lowest BCUT2D eigenvalue weighted by Crippen LogP contribution is -2.38. The molecule has 1 aliphatic rings. The van der Waals surface area contributed by atoms with Gasteiger partial charge in [0.15, 0.2) is 5.17 Å². The van der Waals surface area contributed by atoms with Gasteiger partial charge in [-0.2, -0.15) is 0 Å². The SMILES string of the molecule is C[C@@H]1CN=C(N(C(=O)Nc2ccc(Cl)c(Cl)c2)c2ccc(F)cc2)S1. The van der Waals surface area contributed by atoms with Gasteiger partial charge in [0.05, 0.1) is 22.3 Å². The normalized spacial score (nSPS) is 16.5. The molecule has 0 unspecified atom stereocenters. The number of amides is 2. The summed E-state index contributed by atoms with van der Waals surface area (Å²) in [6, 6.07) is 10.1. The molecule has 0 radical (unpaired) electrons. The van der Waals surface area contributed by atoms with E-state index in [0.29, 0.717) is 33.1 Å². The van der Waals surface area contributed by atoms with E-state index in [1.54, 1.807) is 18.2 Å². The van der Waals surface area contributed by atoms with E-state index in [-0.39, 0.29) is 11.1 Å². The van der Waals surface area contributed by atoms with Crippen molar-refractivity contribution in [3.8, 4) is 0 Å². The number of amidine groups is 1. The smallest absolute Gasteiger partial charge is 0.307 e. The molecule has 2 aromatic carbocycles. The Hall–Kier alpha value is -1.76. The third kappa shape index (κ3) is 4.26. The van der Waals surface area contributed by atoms with Crippen molar-refractivity contribution in [3.05, 3.63) is 58.3 Å². The summed E-state index contributed by atoms with van der Waals surface area (Å²) >= 11 is 13.4. The third-order valence-electron chi connectivity index (χ3n) is 3.44. The van der Waals surface area contributed by atoms with Crippen LogP contribution in [0.2, 0.25) is 10.0 Å². The molecule has 0 aliphatic carbocycles. The third-order valence-corrected chi connectivity index (χ3v) is 5.25. The Morgan fingerprint density at radius 2 is 1.96 bits per heavy atom. The van der Waals surface area contributed by atoms with E-state index in [1.165, 1.54) is 40.9 Å². The van der Waals surface area contributed by atoms with E-state index in [0.717, 1.165) is 0 Å². The van der Waals surface area contributed by atoms with Crippen molar-refractivity contribution in [1.29, 1.82) is 0 Å². The van der Waals surface area contributed by atoms with Crippen LogP contribution in [0.3, 0.4) is 0 Å². The van der Waals surface area contributed by atoms with Gasteiger partial charge in [0.1, 0.15) is 5.82 Å². The highest BCUT2D eigenvalue weighted by Gasteiger charge is 2.27. The van der Waals surface area contributed by atoms with Gasteiger partial charge >= 0.3 is 6.03 Å². The van der Waals surface area contributed by atoms with Gasteiger partial charge in [-0.3, -0.25) is 4.99 Å². The number of nitrogens with one attached hydrogen (secondary N) is 1. The summed E-state index contributed by atoms with van der Waals surface area (Å²) in [5.74, 6) is -0.372. The number of anilines is 2. The average Bonchev–Trinajstić information content (AvgIpc) is 2.99. The maximum absolute atomic E-state index is 13.2. The summed E-state index contributed by atoms with van der Waals surface area (Å²) in [4.78, 5) is 18.7. The van der Waals surface area contributed by atoms with Gasteiger partial charge in [-0.25, -0.2) is 14.1 Å². The topological polar surface area (TPSA) is 44.7 Å². The predicted molar refractivity (Wildman–Crippen MR) is 104 cm³/mol.